The van der Waals surface area contributed by atoms with Crippen molar-refractivity contribution in [2.75, 3.05) is 25.9 Å². The summed E-state index contributed by atoms with van der Waals surface area (Å²) in [6.45, 7) is 3.43. The maximum atomic E-state index is 11.8. The van der Waals surface area contributed by atoms with Crippen LogP contribution in [0.2, 0.25) is 0 Å². The molecule has 2 N–H and O–H groups in total. The van der Waals surface area contributed by atoms with E-state index in [9.17, 15) is 9.36 Å². The highest BCUT2D eigenvalue weighted by molar-refractivity contribution is 7.55. The minimum absolute atomic E-state index is 0.0363. The van der Waals surface area contributed by atoms with E-state index in [0.29, 0.717) is 0 Å². The van der Waals surface area contributed by atoms with Crippen molar-refractivity contribution in [1.82, 2.24) is 9.36 Å². The number of aromatic nitrogens is 2. The molecule has 0 aliphatic carbocycles. The van der Waals surface area contributed by atoms with Crippen molar-refractivity contribution in [3.05, 3.63) is 18.5 Å². The van der Waals surface area contributed by atoms with Crippen LogP contribution in [0.15, 0.2) is 17.8 Å². The fourth-order valence-electron chi connectivity index (χ4n) is 0.978. The molecule has 1 heterocycles. The third kappa shape index (κ3) is 4.90. The van der Waals surface area contributed by atoms with Crippen LogP contribution >= 0.6 is 19.3 Å². The first kappa shape index (κ1) is 17.2. The molecule has 0 aliphatic rings. The van der Waals surface area contributed by atoms with E-state index in [1.54, 1.807) is 0 Å². The first-order valence-corrected chi connectivity index (χ1v) is 7.65. The summed E-state index contributed by atoms with van der Waals surface area (Å²) in [6, 6.07) is 0. The van der Waals surface area contributed by atoms with Gasteiger partial charge < -0.3 is 9.94 Å². The van der Waals surface area contributed by atoms with E-state index in [2.05, 4.69) is 35.2 Å². The Labute approximate surface area is 124 Å². The van der Waals surface area contributed by atoms with Gasteiger partial charge in [0.15, 0.2) is 0 Å². The van der Waals surface area contributed by atoms with Gasteiger partial charge in [0, 0.05) is 25.8 Å². The zero-order valence-corrected chi connectivity index (χ0v) is 12.9. The van der Waals surface area contributed by atoms with E-state index in [1.807, 2.05) is 0 Å². The average molecular weight is 336 g/mol. The van der Waals surface area contributed by atoms with E-state index >= 15 is 0 Å². The molecule has 0 spiro atoms. The van der Waals surface area contributed by atoms with Gasteiger partial charge in [-0.25, -0.2) is 9.36 Å². The van der Waals surface area contributed by atoms with Crippen molar-refractivity contribution >= 4 is 36.1 Å². The number of nitrogens with one attached hydrogen (secondary N) is 1. The van der Waals surface area contributed by atoms with Crippen molar-refractivity contribution in [1.29, 1.82) is 0 Å². The summed E-state index contributed by atoms with van der Waals surface area (Å²) in [5.41, 5.74) is -0.495. The van der Waals surface area contributed by atoms with Crippen molar-refractivity contribution in [3.8, 4) is 0 Å². The fourth-order valence-corrected chi connectivity index (χ4v) is 2.52. The summed E-state index contributed by atoms with van der Waals surface area (Å²) in [5.74, 6) is -1.57. The molecule has 0 aromatic carbocycles. The number of hydrogen-bond donors (Lipinski definition) is 2. The van der Waals surface area contributed by atoms with E-state index in [1.165, 1.54) is 20.3 Å². The van der Waals surface area contributed by atoms with Gasteiger partial charge in [0.05, 0.1) is 0 Å². The molecule has 0 aliphatic heterocycles. The molecule has 1 aromatic rings. The van der Waals surface area contributed by atoms with Gasteiger partial charge in [0.25, 0.3) is 0 Å². The number of carbonyl (C=O) groups is 1. The van der Waals surface area contributed by atoms with E-state index in [4.69, 9.17) is 9.94 Å². The summed E-state index contributed by atoms with van der Waals surface area (Å²) in [4.78, 5) is 19.6. The molecule has 0 saturated carbocycles. The Kier molecular flexibility index (Phi) is 6.43. The lowest BCUT2D eigenvalue weighted by Gasteiger charge is -2.12. The van der Waals surface area contributed by atoms with E-state index in [0.717, 1.165) is 11.5 Å². The van der Waals surface area contributed by atoms with Gasteiger partial charge in [-0.3, -0.25) is 14.1 Å². The zero-order chi connectivity index (χ0) is 15.9. The lowest BCUT2D eigenvalue weighted by Crippen LogP contribution is -2.17. The van der Waals surface area contributed by atoms with Gasteiger partial charge in [0.2, 0.25) is 16.7 Å². The molecule has 116 valence electrons. The topological polar surface area (TPSA) is 132 Å². The molecular formula is C9H13N4O6PS. The number of nitrogens with zero attached hydrogens (tertiary/aromatic N) is 3. The quantitative estimate of drug-likeness (QED) is 0.225. The third-order valence-electron chi connectivity index (χ3n) is 1.90. The second kappa shape index (κ2) is 7.84. The SMILES string of the molecule is C=CCO/N=C(\C(=O)O)c1nsc(NP(=O)(OC)OC)n1. The number of aliphatic carboxylic acids is 1. The van der Waals surface area contributed by atoms with Gasteiger partial charge >= 0.3 is 13.7 Å². The normalized spacial score (nSPS) is 12.0. The summed E-state index contributed by atoms with van der Waals surface area (Å²) < 4.78 is 25.0. The van der Waals surface area contributed by atoms with Gasteiger partial charge in [0.1, 0.15) is 6.61 Å². The Hall–Kier alpha value is -1.81. The third-order valence-corrected chi connectivity index (χ3v) is 4.13. The van der Waals surface area contributed by atoms with Crippen LogP contribution in [-0.2, 0) is 23.2 Å². The van der Waals surface area contributed by atoms with Crippen molar-refractivity contribution in [3.63, 3.8) is 0 Å². The summed E-state index contributed by atoms with van der Waals surface area (Å²) in [6.07, 6.45) is 1.40. The van der Waals surface area contributed by atoms with Gasteiger partial charge in [-0.1, -0.05) is 17.8 Å². The Morgan fingerprint density at radius 2 is 2.24 bits per heavy atom. The number of carboxylic acid groups (broad SMARTS) is 1. The number of rotatable bonds is 9. The largest absolute Gasteiger partial charge is 0.476 e. The molecule has 12 heteroatoms. The van der Waals surface area contributed by atoms with Crippen LogP contribution in [0.5, 0.6) is 0 Å². The highest BCUT2D eigenvalue weighted by atomic mass is 32.1. The first-order valence-electron chi connectivity index (χ1n) is 5.33. The summed E-state index contributed by atoms with van der Waals surface area (Å²) in [7, 11) is -1.17. The Morgan fingerprint density at radius 1 is 1.57 bits per heavy atom. The highest BCUT2D eigenvalue weighted by Gasteiger charge is 2.25. The molecule has 1 aromatic heterocycles. The summed E-state index contributed by atoms with van der Waals surface area (Å²) in [5, 5.41) is 14.9. The first-order chi connectivity index (χ1) is 9.95. The second-order valence-corrected chi connectivity index (χ2v) is 5.93. The molecule has 0 saturated heterocycles. The minimum Gasteiger partial charge on any atom is -0.476 e. The van der Waals surface area contributed by atoms with Crippen molar-refractivity contribution in [2.24, 2.45) is 5.16 Å². The van der Waals surface area contributed by atoms with Gasteiger partial charge in [-0.05, 0) is 0 Å². The number of carboxylic acids is 1. The average Bonchev–Trinajstić information content (AvgIpc) is 2.91. The molecule has 10 nitrogen and oxygen atoms in total. The molecule has 21 heavy (non-hydrogen) atoms. The smallest absolute Gasteiger partial charge is 0.434 e. The molecule has 0 unspecified atom stereocenters. The summed E-state index contributed by atoms with van der Waals surface area (Å²) >= 11 is 0.768. The van der Waals surface area contributed by atoms with Gasteiger partial charge in [-0.2, -0.15) is 9.36 Å². The predicted octanol–water partition coefficient (Wildman–Crippen LogP) is 1.34. The van der Waals surface area contributed by atoms with Crippen molar-refractivity contribution in [2.45, 2.75) is 0 Å². The van der Waals surface area contributed by atoms with Gasteiger partial charge in [-0.15, -0.1) is 0 Å². The lowest BCUT2D eigenvalue weighted by atomic mass is 10.4. The molecule has 0 bridgehead atoms. The van der Waals surface area contributed by atoms with E-state index in [-0.39, 0.29) is 17.6 Å². The monoisotopic (exact) mass is 336 g/mol. The van der Waals surface area contributed by atoms with Crippen LogP contribution in [0.25, 0.3) is 0 Å². The zero-order valence-electron chi connectivity index (χ0n) is 11.2. The predicted molar refractivity (Wildman–Crippen MR) is 75.5 cm³/mol. The number of oxime groups is 1. The minimum atomic E-state index is -3.54. The maximum Gasteiger partial charge on any atom is 0.434 e. The lowest BCUT2D eigenvalue weighted by molar-refractivity contribution is -0.129. The van der Waals surface area contributed by atoms with Crippen LogP contribution in [-0.4, -0.2) is 47.0 Å². The Morgan fingerprint density at radius 3 is 2.76 bits per heavy atom. The van der Waals surface area contributed by atoms with Crippen LogP contribution < -0.4 is 5.09 Å². The Bertz CT molecular complexity index is 581. The second-order valence-electron chi connectivity index (χ2n) is 3.23. The molecule has 0 amide bonds. The van der Waals surface area contributed by atoms with E-state index < -0.39 is 19.4 Å². The van der Waals surface area contributed by atoms with Crippen LogP contribution in [0.3, 0.4) is 0 Å². The molecular weight excluding hydrogens is 323 g/mol. The highest BCUT2D eigenvalue weighted by Crippen LogP contribution is 2.46. The molecule has 0 radical (unpaired) electrons. The number of anilines is 1. The number of hydrogen-bond acceptors (Lipinski definition) is 9. The standard InChI is InChI=1S/C9H13N4O6PS/c1-4-5-19-11-6(8(14)15)7-10-9(21-13-7)12-20(16,17-2)18-3/h4H,1,5H2,2-3H3,(H,14,15)(H,10,12,13,16)/b11-6-. The van der Waals surface area contributed by atoms with Crippen LogP contribution in [0.4, 0.5) is 5.13 Å². The molecule has 0 atom stereocenters. The Balaban J connectivity index is 2.94. The van der Waals surface area contributed by atoms with Crippen LogP contribution in [0.1, 0.15) is 5.82 Å². The molecule has 0 fully saturated rings. The fraction of sp³-hybridized carbons (Fsp3) is 0.333. The maximum absolute atomic E-state index is 11.8. The van der Waals surface area contributed by atoms with Crippen molar-refractivity contribution < 1.29 is 28.4 Å². The van der Waals surface area contributed by atoms with Crippen LogP contribution in [0, 0.1) is 0 Å². The molecule has 1 rings (SSSR count).